The van der Waals surface area contributed by atoms with Gasteiger partial charge in [0, 0.05) is 25.7 Å². The highest BCUT2D eigenvalue weighted by Gasteiger charge is 2.52. The van der Waals surface area contributed by atoms with Gasteiger partial charge in [0.15, 0.2) is 5.67 Å². The molecule has 8 nitrogen and oxygen atoms in total. The number of likely N-dealkylation sites (tertiary alicyclic amines) is 1. The van der Waals surface area contributed by atoms with Crippen molar-refractivity contribution in [1.82, 2.24) is 24.9 Å². The van der Waals surface area contributed by atoms with Crippen molar-refractivity contribution in [3.8, 4) is 0 Å². The quantitative estimate of drug-likeness (QED) is 0.802. The summed E-state index contributed by atoms with van der Waals surface area (Å²) in [6.07, 6.45) is 6.38. The summed E-state index contributed by atoms with van der Waals surface area (Å²) in [4.78, 5) is 40.5. The number of halogens is 1. The Labute approximate surface area is 163 Å². The van der Waals surface area contributed by atoms with Crippen LogP contribution in [0, 0.1) is 0 Å². The number of hydrogen-bond acceptors (Lipinski definition) is 4. The maximum absolute atomic E-state index is 14.9. The number of carbonyl (C=O) groups is 3. The van der Waals surface area contributed by atoms with Crippen molar-refractivity contribution in [3.05, 3.63) is 18.0 Å². The highest BCUT2D eigenvalue weighted by Crippen LogP contribution is 2.38. The Bertz CT molecular complexity index is 803. The fourth-order valence-electron chi connectivity index (χ4n) is 4.64. The van der Waals surface area contributed by atoms with Gasteiger partial charge in [-0.2, -0.15) is 5.10 Å². The average molecular weight is 391 g/mol. The molecule has 3 aliphatic rings. The van der Waals surface area contributed by atoms with E-state index in [0.29, 0.717) is 44.3 Å². The maximum Gasteiger partial charge on any atom is 0.257 e. The summed E-state index contributed by atoms with van der Waals surface area (Å²) in [5.74, 6) is -0.497. The second kappa shape index (κ2) is 6.86. The Hall–Kier alpha value is -2.45. The first kappa shape index (κ1) is 18.9. The van der Waals surface area contributed by atoms with E-state index in [0.717, 1.165) is 6.42 Å². The van der Waals surface area contributed by atoms with Crippen LogP contribution in [0.5, 0.6) is 0 Å². The number of rotatable bonds is 5. The predicted molar refractivity (Wildman–Crippen MR) is 98.2 cm³/mol. The van der Waals surface area contributed by atoms with Crippen LogP contribution < -0.4 is 5.32 Å². The third-order valence-corrected chi connectivity index (χ3v) is 6.20. The van der Waals surface area contributed by atoms with Crippen LogP contribution in [0.1, 0.15) is 49.4 Å². The van der Waals surface area contributed by atoms with Crippen molar-refractivity contribution < 1.29 is 18.8 Å². The Morgan fingerprint density at radius 2 is 2.04 bits per heavy atom. The zero-order chi connectivity index (χ0) is 19.9. The summed E-state index contributed by atoms with van der Waals surface area (Å²) in [7, 11) is 0. The molecule has 4 rings (SSSR count). The number of aryl methyl sites for hydroxylation is 1. The zero-order valence-electron chi connectivity index (χ0n) is 16.1. The smallest absolute Gasteiger partial charge is 0.257 e. The lowest BCUT2D eigenvalue weighted by atomic mass is 9.84. The van der Waals surface area contributed by atoms with Crippen molar-refractivity contribution in [1.29, 1.82) is 0 Å². The van der Waals surface area contributed by atoms with Crippen LogP contribution in [0.15, 0.2) is 12.4 Å². The van der Waals surface area contributed by atoms with Gasteiger partial charge in [-0.25, -0.2) is 4.39 Å². The summed E-state index contributed by atoms with van der Waals surface area (Å²) in [6, 6.07) is 0. The summed E-state index contributed by atoms with van der Waals surface area (Å²) < 4.78 is 16.6. The number of hydrogen-bond donors (Lipinski definition) is 1. The Kier molecular flexibility index (Phi) is 4.63. The highest BCUT2D eigenvalue weighted by molar-refractivity contribution is 5.95. The van der Waals surface area contributed by atoms with Gasteiger partial charge in [-0.15, -0.1) is 0 Å². The van der Waals surface area contributed by atoms with Crippen molar-refractivity contribution in [3.63, 3.8) is 0 Å². The standard InChI is InChI=1S/C19H26FN5O3/c1-2-24-10-14(9-22-24)16(27)23-12-18(20,13-23)11-21-17(28)19-6-3-5-15(26)25(19)8-4-7-19/h9-10H,2-8,11-13H2,1H3,(H,21,28). The molecule has 0 spiro atoms. The molecule has 4 heterocycles. The average Bonchev–Trinajstić information content (AvgIpc) is 3.31. The van der Waals surface area contributed by atoms with Gasteiger partial charge < -0.3 is 15.1 Å². The Balaban J connectivity index is 1.32. The molecule has 1 unspecified atom stereocenters. The number of nitrogens with one attached hydrogen (secondary N) is 1. The van der Waals surface area contributed by atoms with Crippen LogP contribution in [0.2, 0.25) is 0 Å². The minimum atomic E-state index is -1.63. The molecule has 0 bridgehead atoms. The van der Waals surface area contributed by atoms with Crippen LogP contribution in [-0.2, 0) is 16.1 Å². The van der Waals surface area contributed by atoms with Gasteiger partial charge in [0.05, 0.1) is 31.4 Å². The van der Waals surface area contributed by atoms with E-state index in [-0.39, 0.29) is 37.4 Å². The first-order valence-corrected chi connectivity index (χ1v) is 9.96. The van der Waals surface area contributed by atoms with E-state index in [9.17, 15) is 18.8 Å². The van der Waals surface area contributed by atoms with Crippen LogP contribution in [0.3, 0.4) is 0 Å². The molecule has 9 heteroatoms. The van der Waals surface area contributed by atoms with Crippen molar-refractivity contribution in [2.45, 2.75) is 56.8 Å². The highest BCUT2D eigenvalue weighted by atomic mass is 19.1. The number of amides is 3. The van der Waals surface area contributed by atoms with Gasteiger partial charge in [0.25, 0.3) is 5.91 Å². The van der Waals surface area contributed by atoms with Gasteiger partial charge in [-0.3, -0.25) is 19.1 Å². The van der Waals surface area contributed by atoms with Gasteiger partial charge in [-0.05, 0) is 32.6 Å². The lowest BCUT2D eigenvalue weighted by Gasteiger charge is -2.45. The SMILES string of the molecule is CCn1cc(C(=O)N2CC(F)(CNC(=O)C34CCCC(=O)N3CCC4)C2)cn1. The number of nitrogens with zero attached hydrogens (tertiary/aromatic N) is 4. The molecule has 0 saturated carbocycles. The first-order chi connectivity index (χ1) is 13.4. The predicted octanol–water partition coefficient (Wildman–Crippen LogP) is 0.728. The van der Waals surface area contributed by atoms with E-state index >= 15 is 0 Å². The maximum atomic E-state index is 14.9. The van der Waals surface area contributed by atoms with Crippen molar-refractivity contribution >= 4 is 17.7 Å². The number of carbonyl (C=O) groups excluding carboxylic acids is 3. The van der Waals surface area contributed by atoms with Crippen LogP contribution >= 0.6 is 0 Å². The second-order valence-corrected chi connectivity index (χ2v) is 8.11. The Morgan fingerprint density at radius 1 is 1.29 bits per heavy atom. The molecule has 3 aliphatic heterocycles. The molecular formula is C19H26FN5O3. The van der Waals surface area contributed by atoms with Gasteiger partial charge in [-0.1, -0.05) is 0 Å². The third kappa shape index (κ3) is 3.06. The molecule has 3 saturated heterocycles. The largest absolute Gasteiger partial charge is 0.351 e. The molecule has 3 fully saturated rings. The molecule has 152 valence electrons. The minimum absolute atomic E-state index is 0.0157. The third-order valence-electron chi connectivity index (χ3n) is 6.20. The van der Waals surface area contributed by atoms with E-state index in [1.807, 2.05) is 6.92 Å². The van der Waals surface area contributed by atoms with Crippen LogP contribution in [-0.4, -0.2) is 74.7 Å². The topological polar surface area (TPSA) is 87.5 Å². The molecule has 3 amide bonds. The number of alkyl halides is 1. The van der Waals surface area contributed by atoms with E-state index in [2.05, 4.69) is 10.4 Å². The van der Waals surface area contributed by atoms with Gasteiger partial charge >= 0.3 is 0 Å². The minimum Gasteiger partial charge on any atom is -0.351 e. The summed E-state index contributed by atoms with van der Waals surface area (Å²) in [5.41, 5.74) is -2.00. The first-order valence-electron chi connectivity index (χ1n) is 9.96. The summed E-state index contributed by atoms with van der Waals surface area (Å²) >= 11 is 0. The molecule has 0 aromatic carbocycles. The molecule has 1 aromatic heterocycles. The zero-order valence-corrected chi connectivity index (χ0v) is 16.1. The van der Waals surface area contributed by atoms with Crippen molar-refractivity contribution in [2.24, 2.45) is 0 Å². The fraction of sp³-hybridized carbons (Fsp3) is 0.684. The molecule has 1 aromatic rings. The van der Waals surface area contributed by atoms with E-state index < -0.39 is 11.2 Å². The summed E-state index contributed by atoms with van der Waals surface area (Å²) in [6.45, 7) is 2.92. The summed E-state index contributed by atoms with van der Waals surface area (Å²) in [5, 5.41) is 6.79. The second-order valence-electron chi connectivity index (χ2n) is 8.11. The molecule has 0 aliphatic carbocycles. The lowest BCUT2D eigenvalue weighted by molar-refractivity contribution is -0.149. The van der Waals surface area contributed by atoms with Gasteiger partial charge in [0.1, 0.15) is 5.54 Å². The fourth-order valence-corrected chi connectivity index (χ4v) is 4.64. The monoisotopic (exact) mass is 391 g/mol. The number of aromatic nitrogens is 2. The van der Waals surface area contributed by atoms with Gasteiger partial charge in [0.2, 0.25) is 11.8 Å². The molecule has 1 atom stereocenters. The van der Waals surface area contributed by atoms with Crippen molar-refractivity contribution in [2.75, 3.05) is 26.2 Å². The molecule has 1 N–H and O–H groups in total. The Morgan fingerprint density at radius 3 is 2.75 bits per heavy atom. The van der Waals surface area contributed by atoms with Crippen LogP contribution in [0.25, 0.3) is 0 Å². The molecule has 28 heavy (non-hydrogen) atoms. The lowest BCUT2D eigenvalue weighted by Crippen LogP contribution is -2.67. The molecule has 0 radical (unpaired) electrons. The number of piperidine rings is 1. The van der Waals surface area contributed by atoms with E-state index in [4.69, 9.17) is 0 Å². The number of fused-ring (bicyclic) bond motifs is 1. The molecular weight excluding hydrogens is 365 g/mol. The normalized spacial score (nSPS) is 26.0. The van der Waals surface area contributed by atoms with E-state index in [1.54, 1.807) is 15.8 Å². The van der Waals surface area contributed by atoms with E-state index in [1.165, 1.54) is 11.1 Å². The van der Waals surface area contributed by atoms with Crippen LogP contribution in [0.4, 0.5) is 4.39 Å².